The predicted octanol–water partition coefficient (Wildman–Crippen LogP) is -2.81. The second-order valence-corrected chi connectivity index (χ2v) is 5.84. The van der Waals surface area contributed by atoms with E-state index in [1.165, 1.54) is 6.20 Å². The normalized spacial score (nSPS) is 28.8. The molecule has 3 heterocycles. The third-order valence-electron chi connectivity index (χ3n) is 3.92. The van der Waals surface area contributed by atoms with Crippen LogP contribution in [0, 0.1) is 0 Å². The lowest BCUT2D eigenvalue weighted by atomic mass is 9.99. The summed E-state index contributed by atoms with van der Waals surface area (Å²) in [6.45, 7) is 0.431. The number of rotatable bonds is 7. The Morgan fingerprint density at radius 2 is 1.92 bits per heavy atom. The fourth-order valence-electron chi connectivity index (χ4n) is 2.50. The standard InChI is InChI=1S/C15H21N5O6/c21-8-11-12(22)13(23)14(24)15(25-11)26-20-7-10(18-19-20)6-16-5-9-3-1-2-4-17-9/h1-4,7,11-16,21-24H,5-6,8H2/t11-,12-,13+,14-,15+/m1/s1. The van der Waals surface area contributed by atoms with Crippen molar-refractivity contribution in [3.8, 4) is 0 Å². The molecule has 1 aliphatic rings. The Kier molecular flexibility index (Phi) is 6.08. The molecule has 5 atom stereocenters. The van der Waals surface area contributed by atoms with E-state index < -0.39 is 37.3 Å². The van der Waals surface area contributed by atoms with Crippen molar-refractivity contribution >= 4 is 0 Å². The van der Waals surface area contributed by atoms with Gasteiger partial charge in [0, 0.05) is 19.3 Å². The van der Waals surface area contributed by atoms with Gasteiger partial charge in [-0.05, 0) is 17.3 Å². The summed E-state index contributed by atoms with van der Waals surface area (Å²) in [6, 6.07) is 5.63. The lowest BCUT2D eigenvalue weighted by Gasteiger charge is -2.38. The van der Waals surface area contributed by atoms with Crippen molar-refractivity contribution in [3.05, 3.63) is 42.0 Å². The number of ether oxygens (including phenoxy) is 1. The van der Waals surface area contributed by atoms with Gasteiger partial charge >= 0.3 is 0 Å². The van der Waals surface area contributed by atoms with E-state index in [0.717, 1.165) is 10.5 Å². The highest BCUT2D eigenvalue weighted by atomic mass is 16.8. The largest absolute Gasteiger partial charge is 0.394 e. The molecule has 1 fully saturated rings. The monoisotopic (exact) mass is 367 g/mol. The first-order valence-corrected chi connectivity index (χ1v) is 8.08. The summed E-state index contributed by atoms with van der Waals surface area (Å²) in [5.41, 5.74) is 1.46. The van der Waals surface area contributed by atoms with Crippen molar-refractivity contribution in [3.63, 3.8) is 0 Å². The minimum absolute atomic E-state index is 0.411. The molecule has 0 aliphatic carbocycles. The molecule has 1 aliphatic heterocycles. The fourth-order valence-corrected chi connectivity index (χ4v) is 2.50. The molecule has 0 unspecified atom stereocenters. The molecule has 11 heteroatoms. The van der Waals surface area contributed by atoms with Crippen LogP contribution in [0.1, 0.15) is 11.4 Å². The van der Waals surface area contributed by atoms with Crippen molar-refractivity contribution < 1.29 is 30.0 Å². The Balaban J connectivity index is 1.53. The first-order chi connectivity index (χ1) is 12.6. The van der Waals surface area contributed by atoms with Gasteiger partial charge in [0.15, 0.2) is 0 Å². The number of aromatic nitrogens is 4. The number of aliphatic hydroxyl groups excluding tert-OH is 4. The van der Waals surface area contributed by atoms with Crippen LogP contribution in [-0.4, -0.2) is 77.9 Å². The lowest BCUT2D eigenvalue weighted by molar-refractivity contribution is -0.303. The van der Waals surface area contributed by atoms with E-state index in [1.54, 1.807) is 6.20 Å². The summed E-state index contributed by atoms with van der Waals surface area (Å²) < 4.78 is 5.24. The molecule has 26 heavy (non-hydrogen) atoms. The average molecular weight is 367 g/mol. The van der Waals surface area contributed by atoms with Crippen molar-refractivity contribution in [1.82, 2.24) is 25.5 Å². The first-order valence-electron chi connectivity index (χ1n) is 8.08. The molecule has 11 nitrogen and oxygen atoms in total. The van der Waals surface area contributed by atoms with Crippen LogP contribution in [0.25, 0.3) is 0 Å². The molecule has 0 radical (unpaired) electrons. The van der Waals surface area contributed by atoms with Gasteiger partial charge < -0.3 is 35.3 Å². The molecule has 2 aromatic rings. The molecule has 0 spiro atoms. The van der Waals surface area contributed by atoms with E-state index >= 15 is 0 Å². The smallest absolute Gasteiger partial charge is 0.256 e. The van der Waals surface area contributed by atoms with E-state index in [2.05, 4.69) is 20.6 Å². The van der Waals surface area contributed by atoms with E-state index in [9.17, 15) is 15.3 Å². The number of hydrogen-bond acceptors (Lipinski definition) is 10. The molecule has 5 N–H and O–H groups in total. The maximum Gasteiger partial charge on any atom is 0.256 e. The summed E-state index contributed by atoms with van der Waals surface area (Å²) in [5, 5.41) is 49.4. The summed E-state index contributed by atoms with van der Waals surface area (Å²) in [5.74, 6) is 0. The third kappa shape index (κ3) is 4.33. The fraction of sp³-hybridized carbons (Fsp3) is 0.533. The van der Waals surface area contributed by atoms with Crippen LogP contribution in [0.4, 0.5) is 0 Å². The van der Waals surface area contributed by atoms with Gasteiger partial charge in [0.05, 0.1) is 18.5 Å². The summed E-state index contributed by atoms with van der Waals surface area (Å²) >= 11 is 0. The third-order valence-corrected chi connectivity index (χ3v) is 3.92. The average Bonchev–Trinajstić information content (AvgIpc) is 3.10. The Hall–Kier alpha value is -2.15. The highest BCUT2D eigenvalue weighted by Crippen LogP contribution is 2.20. The van der Waals surface area contributed by atoms with Gasteiger partial charge in [0.2, 0.25) is 0 Å². The van der Waals surface area contributed by atoms with Crippen LogP contribution in [-0.2, 0) is 17.8 Å². The van der Waals surface area contributed by atoms with E-state index in [-0.39, 0.29) is 0 Å². The molecule has 142 valence electrons. The van der Waals surface area contributed by atoms with Crippen LogP contribution < -0.4 is 10.2 Å². The predicted molar refractivity (Wildman–Crippen MR) is 85.1 cm³/mol. The maximum atomic E-state index is 9.93. The number of aliphatic hydroxyl groups is 4. The molecule has 0 saturated carbocycles. The molecular formula is C15H21N5O6. The zero-order valence-electron chi connectivity index (χ0n) is 13.8. The zero-order valence-corrected chi connectivity index (χ0v) is 13.8. The van der Waals surface area contributed by atoms with E-state index in [0.29, 0.717) is 18.8 Å². The van der Waals surface area contributed by atoms with Crippen LogP contribution in [0.15, 0.2) is 30.6 Å². The maximum absolute atomic E-state index is 9.93. The van der Waals surface area contributed by atoms with Gasteiger partial charge in [-0.2, -0.15) is 0 Å². The molecule has 0 aromatic carbocycles. The molecule has 2 aromatic heterocycles. The Labute approximate surface area is 148 Å². The summed E-state index contributed by atoms with van der Waals surface area (Å²) in [6.07, 6.45) is -3.66. The van der Waals surface area contributed by atoms with Crippen molar-refractivity contribution in [2.45, 2.75) is 43.8 Å². The Bertz CT molecular complexity index is 684. The second kappa shape index (κ2) is 8.49. The van der Waals surface area contributed by atoms with E-state index in [1.807, 2.05) is 18.2 Å². The van der Waals surface area contributed by atoms with E-state index in [4.69, 9.17) is 14.7 Å². The van der Waals surface area contributed by atoms with Gasteiger partial charge in [-0.1, -0.05) is 10.9 Å². The summed E-state index contributed by atoms with van der Waals surface area (Å²) in [4.78, 5) is 10.5. The minimum atomic E-state index is -1.52. The van der Waals surface area contributed by atoms with Crippen LogP contribution in [0.5, 0.6) is 0 Å². The topological polar surface area (TPSA) is 155 Å². The second-order valence-electron chi connectivity index (χ2n) is 5.84. The van der Waals surface area contributed by atoms with Gasteiger partial charge in [0.25, 0.3) is 6.29 Å². The van der Waals surface area contributed by atoms with Crippen molar-refractivity contribution in [2.75, 3.05) is 6.61 Å². The molecule has 0 amide bonds. The summed E-state index contributed by atoms with van der Waals surface area (Å²) in [7, 11) is 0. The first kappa shape index (κ1) is 18.6. The van der Waals surface area contributed by atoms with Gasteiger partial charge in [-0.25, -0.2) is 0 Å². The van der Waals surface area contributed by atoms with Crippen molar-refractivity contribution in [2.24, 2.45) is 0 Å². The molecular weight excluding hydrogens is 346 g/mol. The van der Waals surface area contributed by atoms with Crippen LogP contribution in [0.3, 0.4) is 0 Å². The highest BCUT2D eigenvalue weighted by molar-refractivity contribution is 5.03. The highest BCUT2D eigenvalue weighted by Gasteiger charge is 2.45. The molecule has 1 saturated heterocycles. The number of hydrogen-bond donors (Lipinski definition) is 5. The van der Waals surface area contributed by atoms with Crippen LogP contribution >= 0.6 is 0 Å². The Morgan fingerprint density at radius 3 is 2.65 bits per heavy atom. The number of nitrogens with one attached hydrogen (secondary N) is 1. The molecule has 0 bridgehead atoms. The number of pyridine rings is 1. The van der Waals surface area contributed by atoms with Crippen LogP contribution in [0.2, 0.25) is 0 Å². The molecule has 3 rings (SSSR count). The van der Waals surface area contributed by atoms with Gasteiger partial charge in [-0.15, -0.1) is 5.10 Å². The van der Waals surface area contributed by atoms with Crippen molar-refractivity contribution in [1.29, 1.82) is 0 Å². The van der Waals surface area contributed by atoms with Gasteiger partial charge in [0.1, 0.15) is 30.1 Å². The van der Waals surface area contributed by atoms with Gasteiger partial charge in [-0.3, -0.25) is 4.98 Å². The quantitative estimate of drug-likeness (QED) is 0.346. The zero-order chi connectivity index (χ0) is 18.5. The SMILES string of the molecule is OC[C@H]1O[C@@H](On2cc(CNCc3ccccn3)nn2)[C@H](O)[C@@H](O)[C@@H]1O. The number of nitrogens with zero attached hydrogens (tertiary/aromatic N) is 4. The minimum Gasteiger partial charge on any atom is -0.394 e. The Morgan fingerprint density at radius 1 is 1.12 bits per heavy atom. The lowest BCUT2D eigenvalue weighted by Crippen LogP contribution is -2.61.